The predicted molar refractivity (Wildman–Crippen MR) is 81.8 cm³/mol. The first-order chi connectivity index (χ1) is 10.3. The number of aromatic nitrogens is 1. The van der Waals surface area contributed by atoms with Crippen LogP contribution in [0.5, 0.6) is 0 Å². The van der Waals surface area contributed by atoms with Gasteiger partial charge in [-0.05, 0) is 49.1 Å². The highest BCUT2D eigenvalue weighted by molar-refractivity contribution is 6.07. The van der Waals surface area contributed by atoms with Gasteiger partial charge in [-0.25, -0.2) is 14.4 Å². The van der Waals surface area contributed by atoms with Gasteiger partial charge in [0.2, 0.25) is 0 Å². The highest BCUT2D eigenvalue weighted by atomic mass is 19.1. The third-order valence-electron chi connectivity index (χ3n) is 4.31. The summed E-state index contributed by atoms with van der Waals surface area (Å²) in [7, 11) is 0. The Morgan fingerprint density at radius 1 is 1.10 bits per heavy atom. The van der Waals surface area contributed by atoms with Crippen molar-refractivity contribution in [3.8, 4) is 0 Å². The second kappa shape index (κ2) is 4.95. The second-order valence-electron chi connectivity index (χ2n) is 5.62. The van der Waals surface area contributed by atoms with Crippen LogP contribution in [0.3, 0.4) is 0 Å². The minimum absolute atomic E-state index is 0.215. The fourth-order valence-corrected chi connectivity index (χ4v) is 2.91. The summed E-state index contributed by atoms with van der Waals surface area (Å²) < 4.78 is 13.1. The maximum absolute atomic E-state index is 13.1. The number of hydrogen-bond acceptors (Lipinski definition) is 3. The molecular formula is C17H16FN3. The summed E-state index contributed by atoms with van der Waals surface area (Å²) >= 11 is 0. The number of nitrogens with zero attached hydrogens (tertiary/aromatic N) is 3. The zero-order valence-electron chi connectivity index (χ0n) is 11.7. The minimum Gasteiger partial charge on any atom is -0.346 e. The van der Waals surface area contributed by atoms with E-state index in [1.54, 1.807) is 12.1 Å². The molecule has 2 aromatic rings. The van der Waals surface area contributed by atoms with Gasteiger partial charge in [-0.3, -0.25) is 0 Å². The Bertz CT molecular complexity index is 689. The molecule has 1 aliphatic carbocycles. The third-order valence-corrected chi connectivity index (χ3v) is 4.31. The Labute approximate surface area is 123 Å². The van der Waals surface area contributed by atoms with Crippen molar-refractivity contribution >= 4 is 17.2 Å². The van der Waals surface area contributed by atoms with Crippen LogP contribution in [0, 0.1) is 5.82 Å². The molecule has 0 N–H and O–H groups in total. The molecule has 0 radical (unpaired) electrons. The Kier molecular flexibility index (Phi) is 2.95. The molecule has 0 spiro atoms. The zero-order valence-corrected chi connectivity index (χ0v) is 11.7. The van der Waals surface area contributed by atoms with Gasteiger partial charge in [0.25, 0.3) is 0 Å². The molecule has 2 aliphatic rings. The predicted octanol–water partition coefficient (Wildman–Crippen LogP) is 3.71. The Hall–Kier alpha value is -2.23. The van der Waals surface area contributed by atoms with Crippen LogP contribution in [0.1, 0.15) is 24.8 Å². The molecule has 1 fully saturated rings. The molecule has 0 saturated heterocycles. The van der Waals surface area contributed by atoms with E-state index in [1.165, 1.54) is 31.4 Å². The van der Waals surface area contributed by atoms with Crippen LogP contribution in [0.15, 0.2) is 47.6 Å². The lowest BCUT2D eigenvalue weighted by Crippen LogP contribution is -2.45. The van der Waals surface area contributed by atoms with Crippen molar-refractivity contribution in [3.05, 3.63) is 54.0 Å². The molecule has 1 aromatic carbocycles. The van der Waals surface area contributed by atoms with Gasteiger partial charge in [0.1, 0.15) is 11.5 Å². The summed E-state index contributed by atoms with van der Waals surface area (Å²) in [6.07, 6.45) is 5.54. The zero-order chi connectivity index (χ0) is 14.2. The van der Waals surface area contributed by atoms with Gasteiger partial charge in [-0.15, -0.1) is 0 Å². The molecular weight excluding hydrogens is 265 g/mol. The van der Waals surface area contributed by atoms with Gasteiger partial charge in [-0.2, -0.15) is 0 Å². The maximum atomic E-state index is 13.1. The van der Waals surface area contributed by atoms with E-state index < -0.39 is 0 Å². The highest BCUT2D eigenvalue weighted by Crippen LogP contribution is 2.37. The second-order valence-corrected chi connectivity index (χ2v) is 5.62. The number of fused-ring (bicyclic) bond motifs is 1. The van der Waals surface area contributed by atoms with Crippen molar-refractivity contribution in [2.24, 2.45) is 4.99 Å². The van der Waals surface area contributed by atoms with E-state index in [-0.39, 0.29) is 5.82 Å². The van der Waals surface area contributed by atoms with Crippen molar-refractivity contribution < 1.29 is 4.39 Å². The lowest BCUT2D eigenvalue weighted by Gasteiger charge is -2.40. The van der Waals surface area contributed by atoms with Gasteiger partial charge in [-0.1, -0.05) is 12.1 Å². The standard InChI is InChI=1S/C17H16FN3/c18-13-8-6-12(7-9-13)16-11-21(14-3-1-4-14)17-15(20-16)5-2-10-19-17/h2,5-10,14H,1,3-4,11H2. The highest BCUT2D eigenvalue weighted by Gasteiger charge is 2.31. The summed E-state index contributed by atoms with van der Waals surface area (Å²) in [5.41, 5.74) is 2.88. The van der Waals surface area contributed by atoms with Crippen molar-refractivity contribution in [1.29, 1.82) is 0 Å². The first-order valence-corrected chi connectivity index (χ1v) is 7.36. The average molecular weight is 281 g/mol. The van der Waals surface area contributed by atoms with Gasteiger partial charge in [0, 0.05) is 12.2 Å². The molecule has 4 heteroatoms. The number of benzene rings is 1. The van der Waals surface area contributed by atoms with E-state index in [0.29, 0.717) is 6.04 Å². The Morgan fingerprint density at radius 3 is 2.62 bits per heavy atom. The van der Waals surface area contributed by atoms with Crippen LogP contribution in [-0.2, 0) is 0 Å². The van der Waals surface area contributed by atoms with E-state index >= 15 is 0 Å². The molecule has 2 heterocycles. The number of hydrogen-bond donors (Lipinski definition) is 0. The smallest absolute Gasteiger partial charge is 0.155 e. The number of halogens is 1. The van der Waals surface area contributed by atoms with Gasteiger partial charge < -0.3 is 4.90 Å². The van der Waals surface area contributed by atoms with Gasteiger partial charge >= 0.3 is 0 Å². The third kappa shape index (κ3) is 2.20. The Morgan fingerprint density at radius 2 is 1.90 bits per heavy atom. The molecule has 0 atom stereocenters. The number of pyridine rings is 1. The van der Waals surface area contributed by atoms with E-state index in [4.69, 9.17) is 4.99 Å². The van der Waals surface area contributed by atoms with Crippen molar-refractivity contribution in [2.75, 3.05) is 11.4 Å². The number of rotatable bonds is 2. The summed E-state index contributed by atoms with van der Waals surface area (Å²) in [6, 6.07) is 11.0. The SMILES string of the molecule is Fc1ccc(C2=Nc3cccnc3N(C3CCC3)C2)cc1. The summed E-state index contributed by atoms with van der Waals surface area (Å²) in [4.78, 5) is 11.6. The van der Waals surface area contributed by atoms with Crippen molar-refractivity contribution in [2.45, 2.75) is 25.3 Å². The molecule has 0 unspecified atom stereocenters. The van der Waals surface area contributed by atoms with Crippen molar-refractivity contribution in [3.63, 3.8) is 0 Å². The van der Waals surface area contributed by atoms with Crippen LogP contribution < -0.4 is 4.90 Å². The Balaban J connectivity index is 1.75. The molecule has 0 bridgehead atoms. The lowest BCUT2D eigenvalue weighted by molar-refractivity contribution is 0.393. The number of anilines is 1. The molecule has 21 heavy (non-hydrogen) atoms. The minimum atomic E-state index is -0.215. The first kappa shape index (κ1) is 12.5. The van der Waals surface area contributed by atoms with Gasteiger partial charge in [0.15, 0.2) is 5.82 Å². The van der Waals surface area contributed by atoms with E-state index in [9.17, 15) is 4.39 Å². The average Bonchev–Trinajstić information content (AvgIpc) is 2.46. The number of aliphatic imine (C=N–C) groups is 1. The van der Waals surface area contributed by atoms with E-state index in [1.807, 2.05) is 18.3 Å². The molecule has 0 amide bonds. The molecule has 1 aromatic heterocycles. The summed E-state index contributed by atoms with van der Waals surface area (Å²) in [6.45, 7) is 0.750. The quantitative estimate of drug-likeness (QED) is 0.839. The normalized spacial score (nSPS) is 18.0. The van der Waals surface area contributed by atoms with Gasteiger partial charge in [0.05, 0.1) is 12.3 Å². The largest absolute Gasteiger partial charge is 0.346 e. The van der Waals surface area contributed by atoms with Crippen molar-refractivity contribution in [1.82, 2.24) is 4.98 Å². The monoisotopic (exact) mass is 281 g/mol. The lowest BCUT2D eigenvalue weighted by atomic mass is 9.90. The summed E-state index contributed by atoms with van der Waals surface area (Å²) in [5, 5.41) is 0. The molecule has 4 rings (SSSR count). The fourth-order valence-electron chi connectivity index (χ4n) is 2.91. The molecule has 106 valence electrons. The summed E-state index contributed by atoms with van der Waals surface area (Å²) in [5.74, 6) is 0.765. The maximum Gasteiger partial charge on any atom is 0.155 e. The van der Waals surface area contributed by atoms with Crippen LogP contribution in [0.25, 0.3) is 0 Å². The first-order valence-electron chi connectivity index (χ1n) is 7.36. The molecule has 1 aliphatic heterocycles. The van der Waals surface area contributed by atoms with Crippen LogP contribution in [0.2, 0.25) is 0 Å². The topological polar surface area (TPSA) is 28.5 Å². The van der Waals surface area contributed by atoms with Crippen LogP contribution >= 0.6 is 0 Å². The van der Waals surface area contributed by atoms with E-state index in [2.05, 4.69) is 9.88 Å². The fraction of sp³-hybridized carbons (Fsp3) is 0.294. The van der Waals surface area contributed by atoms with E-state index in [0.717, 1.165) is 29.3 Å². The molecule has 1 saturated carbocycles. The van der Waals surface area contributed by atoms with Crippen LogP contribution in [0.4, 0.5) is 15.9 Å². The van der Waals surface area contributed by atoms with Crippen LogP contribution in [-0.4, -0.2) is 23.3 Å². The molecule has 3 nitrogen and oxygen atoms in total.